The number of hydrogen-bond acceptors (Lipinski definition) is 7. The van der Waals surface area contributed by atoms with Gasteiger partial charge in [-0.05, 0) is 48.4 Å². The van der Waals surface area contributed by atoms with Crippen LogP contribution >= 0.6 is 0 Å². The van der Waals surface area contributed by atoms with Gasteiger partial charge in [-0.1, -0.05) is 56.2 Å². The minimum Gasteiger partial charge on any atom is -0.507 e. The van der Waals surface area contributed by atoms with E-state index in [1.807, 2.05) is 0 Å². The highest BCUT2D eigenvalue weighted by Crippen LogP contribution is 2.42. The first-order valence-electron chi connectivity index (χ1n) is 12.2. The Hall–Kier alpha value is -4.52. The fourth-order valence-corrected chi connectivity index (χ4v) is 4.61. The van der Waals surface area contributed by atoms with Crippen LogP contribution in [-0.4, -0.2) is 16.8 Å². The van der Waals surface area contributed by atoms with Crippen LogP contribution in [0.5, 0.6) is 17.2 Å². The molecule has 0 unspecified atom stereocenters. The summed E-state index contributed by atoms with van der Waals surface area (Å²) >= 11 is 0. The van der Waals surface area contributed by atoms with E-state index < -0.39 is 17.2 Å². The molecule has 37 heavy (non-hydrogen) atoms. The fraction of sp³-hybridized carbons (Fsp3) is 0.200. The lowest BCUT2D eigenvalue weighted by molar-refractivity contribution is 0.306. The molecule has 2 aromatic heterocycles. The topological polar surface area (TPSA) is 110 Å². The average Bonchev–Trinajstić information content (AvgIpc) is 2.90. The number of hydrogen-bond donors (Lipinski definition) is 2. The smallest absolute Gasteiger partial charge is 0.344 e. The third-order valence-corrected chi connectivity index (χ3v) is 6.43. The highest BCUT2D eigenvalue weighted by Gasteiger charge is 2.32. The molecule has 0 saturated heterocycles. The Morgan fingerprint density at radius 3 is 1.89 bits per heavy atom. The first-order chi connectivity index (χ1) is 18.0. The SMILES string of the molecule is CCCCCOc1cccc(C(c2c(O)c3ccccc3oc2=O)c2c(O)c3ccccc3oc2=O)c1. The number of ether oxygens (including phenoxy) is 1. The summed E-state index contributed by atoms with van der Waals surface area (Å²) in [4.78, 5) is 26.6. The van der Waals surface area contributed by atoms with Crippen LogP contribution in [0.25, 0.3) is 21.9 Å². The highest BCUT2D eigenvalue weighted by molar-refractivity contribution is 5.87. The Morgan fingerprint density at radius 1 is 0.757 bits per heavy atom. The molecule has 0 saturated carbocycles. The monoisotopic (exact) mass is 498 g/mol. The highest BCUT2D eigenvalue weighted by atomic mass is 16.5. The number of para-hydroxylation sites is 2. The van der Waals surface area contributed by atoms with E-state index in [0.29, 0.717) is 28.7 Å². The first-order valence-corrected chi connectivity index (χ1v) is 12.2. The van der Waals surface area contributed by atoms with Crippen molar-refractivity contribution in [2.45, 2.75) is 32.1 Å². The van der Waals surface area contributed by atoms with Crippen LogP contribution in [0.1, 0.15) is 48.8 Å². The number of fused-ring (bicyclic) bond motifs is 2. The van der Waals surface area contributed by atoms with E-state index in [0.717, 1.165) is 19.3 Å². The molecule has 7 nitrogen and oxygen atoms in total. The second-order valence-electron chi connectivity index (χ2n) is 8.86. The molecule has 0 aliphatic rings. The zero-order chi connectivity index (χ0) is 25.9. The predicted molar refractivity (Wildman–Crippen MR) is 141 cm³/mol. The Bertz CT molecular complexity index is 1600. The van der Waals surface area contributed by atoms with E-state index in [1.54, 1.807) is 72.8 Å². The van der Waals surface area contributed by atoms with Crippen molar-refractivity contribution < 1.29 is 23.8 Å². The van der Waals surface area contributed by atoms with Crippen molar-refractivity contribution >= 4 is 21.9 Å². The van der Waals surface area contributed by atoms with Gasteiger partial charge in [-0.25, -0.2) is 9.59 Å². The summed E-state index contributed by atoms with van der Waals surface area (Å²) in [5.74, 6) is -1.33. The van der Waals surface area contributed by atoms with Gasteiger partial charge in [0.15, 0.2) is 0 Å². The van der Waals surface area contributed by atoms with Crippen molar-refractivity contribution in [3.05, 3.63) is 110 Å². The Labute approximate surface area is 212 Å². The Balaban J connectivity index is 1.76. The maximum absolute atomic E-state index is 13.3. The van der Waals surface area contributed by atoms with Gasteiger partial charge in [0.05, 0.1) is 34.4 Å². The van der Waals surface area contributed by atoms with Gasteiger partial charge in [0.2, 0.25) is 0 Å². The van der Waals surface area contributed by atoms with Crippen molar-refractivity contribution in [3.8, 4) is 17.2 Å². The molecule has 0 bridgehead atoms. The van der Waals surface area contributed by atoms with Gasteiger partial charge >= 0.3 is 11.3 Å². The minimum absolute atomic E-state index is 0.181. The van der Waals surface area contributed by atoms with Crippen molar-refractivity contribution in [1.82, 2.24) is 0 Å². The van der Waals surface area contributed by atoms with Gasteiger partial charge in [0.1, 0.15) is 28.4 Å². The molecule has 188 valence electrons. The van der Waals surface area contributed by atoms with E-state index >= 15 is 0 Å². The summed E-state index contributed by atoms with van der Waals surface area (Å²) in [6, 6.07) is 20.0. The van der Waals surface area contributed by atoms with Crippen molar-refractivity contribution in [2.24, 2.45) is 0 Å². The summed E-state index contributed by atoms with van der Waals surface area (Å²) in [6.07, 6.45) is 2.97. The Morgan fingerprint density at radius 2 is 1.32 bits per heavy atom. The normalized spacial score (nSPS) is 11.4. The molecule has 5 rings (SSSR count). The van der Waals surface area contributed by atoms with Crippen LogP contribution in [0.2, 0.25) is 0 Å². The van der Waals surface area contributed by atoms with Crippen LogP contribution < -0.4 is 16.0 Å². The van der Waals surface area contributed by atoms with E-state index in [4.69, 9.17) is 13.6 Å². The molecular weight excluding hydrogens is 472 g/mol. The van der Waals surface area contributed by atoms with E-state index in [9.17, 15) is 19.8 Å². The average molecular weight is 499 g/mol. The summed E-state index contributed by atoms with van der Waals surface area (Å²) in [5.41, 5.74) is -1.17. The first kappa shape index (κ1) is 24.2. The van der Waals surface area contributed by atoms with Gasteiger partial charge in [0, 0.05) is 0 Å². The predicted octanol–water partition coefficient (Wildman–Crippen LogP) is 6.06. The van der Waals surface area contributed by atoms with Crippen LogP contribution in [0.15, 0.2) is 91.2 Å². The molecule has 0 atom stereocenters. The van der Waals surface area contributed by atoms with Crippen LogP contribution in [0.3, 0.4) is 0 Å². The van der Waals surface area contributed by atoms with Gasteiger partial charge in [-0.3, -0.25) is 0 Å². The molecular formula is C30H26O7. The third kappa shape index (κ3) is 4.56. The minimum atomic E-state index is -1.19. The Kier molecular flexibility index (Phi) is 6.68. The molecule has 0 aliphatic carbocycles. The number of unbranched alkanes of at least 4 members (excludes halogenated alkanes) is 2. The lowest BCUT2D eigenvalue weighted by Crippen LogP contribution is -2.21. The number of benzene rings is 3. The van der Waals surface area contributed by atoms with Crippen LogP contribution in [0, 0.1) is 0 Å². The summed E-state index contributed by atoms with van der Waals surface area (Å²) in [6.45, 7) is 2.61. The molecule has 5 aromatic rings. The van der Waals surface area contributed by atoms with Crippen molar-refractivity contribution in [1.29, 1.82) is 0 Å². The second kappa shape index (κ2) is 10.2. The zero-order valence-corrected chi connectivity index (χ0v) is 20.3. The molecule has 2 N–H and O–H groups in total. The fourth-order valence-electron chi connectivity index (χ4n) is 4.61. The van der Waals surface area contributed by atoms with Gasteiger partial charge < -0.3 is 23.8 Å². The van der Waals surface area contributed by atoms with Crippen LogP contribution in [0.4, 0.5) is 0 Å². The van der Waals surface area contributed by atoms with Crippen LogP contribution in [-0.2, 0) is 0 Å². The lowest BCUT2D eigenvalue weighted by Gasteiger charge is -2.20. The maximum atomic E-state index is 13.3. The van der Waals surface area contributed by atoms with E-state index in [2.05, 4.69) is 6.92 Å². The molecule has 0 amide bonds. The molecule has 0 radical (unpaired) electrons. The van der Waals surface area contributed by atoms with E-state index in [1.165, 1.54) is 0 Å². The molecule has 2 heterocycles. The van der Waals surface area contributed by atoms with Crippen molar-refractivity contribution in [2.75, 3.05) is 6.61 Å². The molecule has 7 heteroatoms. The molecule has 0 fully saturated rings. The maximum Gasteiger partial charge on any atom is 0.344 e. The lowest BCUT2D eigenvalue weighted by atomic mass is 9.84. The summed E-state index contributed by atoms with van der Waals surface area (Å²) in [7, 11) is 0. The standard InChI is InChI=1S/C30H26O7/c1-2-3-8-16-35-19-11-9-10-18(17-19)24(25-27(31)20-12-4-6-14-22(20)36-29(25)33)26-28(32)21-13-5-7-15-23(21)37-30(26)34/h4-7,9-15,17,24,31-32H,2-3,8,16H2,1H3. The van der Waals surface area contributed by atoms with Crippen molar-refractivity contribution in [3.63, 3.8) is 0 Å². The number of rotatable bonds is 8. The molecule has 0 spiro atoms. The van der Waals surface area contributed by atoms with E-state index in [-0.39, 0.29) is 33.8 Å². The zero-order valence-electron chi connectivity index (χ0n) is 20.3. The number of aromatic hydroxyl groups is 2. The largest absolute Gasteiger partial charge is 0.507 e. The molecule has 3 aromatic carbocycles. The third-order valence-electron chi connectivity index (χ3n) is 6.43. The van der Waals surface area contributed by atoms with Gasteiger partial charge in [0.25, 0.3) is 0 Å². The quantitative estimate of drug-likeness (QED) is 0.198. The summed E-state index contributed by atoms with van der Waals surface area (Å²) in [5, 5.41) is 23.2. The summed E-state index contributed by atoms with van der Waals surface area (Å²) < 4.78 is 17.0. The van der Waals surface area contributed by atoms with Gasteiger partial charge in [-0.2, -0.15) is 0 Å². The second-order valence-corrected chi connectivity index (χ2v) is 8.86. The van der Waals surface area contributed by atoms with Gasteiger partial charge in [-0.15, -0.1) is 0 Å². The molecule has 0 aliphatic heterocycles.